The highest BCUT2D eigenvalue weighted by Crippen LogP contribution is 2.17. The molecular weight excluding hydrogens is 336 g/mol. The molecule has 0 aliphatic rings. The third-order valence-electron chi connectivity index (χ3n) is 2.78. The SMILES string of the molecule is CCc1ccc(C(C)=NNC(=O)c2cccc(Br)c2)s1. The molecule has 0 saturated heterocycles. The first-order valence-corrected chi connectivity index (χ1v) is 7.90. The highest BCUT2D eigenvalue weighted by atomic mass is 79.9. The van der Waals surface area contributed by atoms with Gasteiger partial charge >= 0.3 is 0 Å². The average molecular weight is 351 g/mol. The number of nitrogens with zero attached hydrogens (tertiary/aromatic N) is 1. The zero-order valence-electron chi connectivity index (χ0n) is 11.3. The minimum atomic E-state index is -0.210. The molecule has 104 valence electrons. The van der Waals surface area contributed by atoms with Crippen LogP contribution in [0.1, 0.15) is 34.0 Å². The van der Waals surface area contributed by atoms with Crippen LogP contribution < -0.4 is 5.43 Å². The Morgan fingerprint density at radius 2 is 2.15 bits per heavy atom. The quantitative estimate of drug-likeness (QED) is 0.650. The van der Waals surface area contributed by atoms with E-state index < -0.39 is 0 Å². The van der Waals surface area contributed by atoms with E-state index >= 15 is 0 Å². The molecule has 0 radical (unpaired) electrons. The Bertz CT molecular complexity index is 649. The summed E-state index contributed by atoms with van der Waals surface area (Å²) < 4.78 is 0.872. The number of hydrogen-bond acceptors (Lipinski definition) is 3. The van der Waals surface area contributed by atoms with E-state index in [-0.39, 0.29) is 5.91 Å². The van der Waals surface area contributed by atoms with Crippen LogP contribution in [0.15, 0.2) is 46.0 Å². The zero-order chi connectivity index (χ0) is 14.5. The molecule has 0 aliphatic carbocycles. The lowest BCUT2D eigenvalue weighted by molar-refractivity contribution is 0.0955. The molecule has 0 unspecified atom stereocenters. The number of hydrazone groups is 1. The average Bonchev–Trinajstić information content (AvgIpc) is 2.93. The standard InChI is InChI=1S/C15H15BrN2OS/c1-3-13-7-8-14(20-13)10(2)17-18-15(19)11-5-4-6-12(16)9-11/h4-9H,3H2,1-2H3,(H,18,19). The topological polar surface area (TPSA) is 41.5 Å². The van der Waals surface area contributed by atoms with Crippen molar-refractivity contribution in [1.82, 2.24) is 5.43 Å². The molecule has 0 aliphatic heterocycles. The van der Waals surface area contributed by atoms with E-state index in [2.05, 4.69) is 39.4 Å². The minimum Gasteiger partial charge on any atom is -0.267 e. The normalized spacial score (nSPS) is 11.4. The summed E-state index contributed by atoms with van der Waals surface area (Å²) in [5, 5.41) is 4.16. The van der Waals surface area contributed by atoms with Gasteiger partial charge in [-0.1, -0.05) is 28.9 Å². The summed E-state index contributed by atoms with van der Waals surface area (Å²) in [5.74, 6) is -0.210. The molecule has 1 aromatic carbocycles. The summed E-state index contributed by atoms with van der Waals surface area (Å²) in [6.45, 7) is 4.02. The molecule has 1 N–H and O–H groups in total. The third-order valence-corrected chi connectivity index (χ3v) is 4.61. The first kappa shape index (κ1) is 14.9. The smallest absolute Gasteiger partial charge is 0.267 e. The molecule has 5 heteroatoms. The molecule has 3 nitrogen and oxygen atoms in total. The van der Waals surface area contributed by atoms with Crippen molar-refractivity contribution in [3.63, 3.8) is 0 Å². The zero-order valence-corrected chi connectivity index (χ0v) is 13.7. The second-order valence-corrected chi connectivity index (χ2v) is 6.35. The maximum atomic E-state index is 12.0. The second kappa shape index (κ2) is 6.81. The van der Waals surface area contributed by atoms with Gasteiger partial charge in [-0.2, -0.15) is 5.10 Å². The van der Waals surface area contributed by atoms with Gasteiger partial charge in [0.05, 0.1) is 10.6 Å². The first-order valence-electron chi connectivity index (χ1n) is 6.29. The Kier molecular flexibility index (Phi) is 5.09. The van der Waals surface area contributed by atoms with Crippen LogP contribution in [0.25, 0.3) is 0 Å². The highest BCUT2D eigenvalue weighted by molar-refractivity contribution is 9.10. The number of carbonyl (C=O) groups excluding carboxylic acids is 1. The molecule has 1 aromatic heterocycles. The van der Waals surface area contributed by atoms with Gasteiger partial charge in [0.25, 0.3) is 5.91 Å². The van der Waals surface area contributed by atoms with Crippen molar-refractivity contribution in [3.8, 4) is 0 Å². The van der Waals surface area contributed by atoms with Crippen molar-refractivity contribution in [2.75, 3.05) is 0 Å². The van der Waals surface area contributed by atoms with E-state index in [1.54, 1.807) is 23.5 Å². The van der Waals surface area contributed by atoms with Crippen LogP contribution in [0.2, 0.25) is 0 Å². The lowest BCUT2D eigenvalue weighted by Gasteiger charge is -2.02. The fourth-order valence-electron chi connectivity index (χ4n) is 1.65. The van der Waals surface area contributed by atoms with E-state index in [9.17, 15) is 4.79 Å². The third kappa shape index (κ3) is 3.77. The fraction of sp³-hybridized carbons (Fsp3) is 0.200. The second-order valence-electron chi connectivity index (χ2n) is 4.27. The van der Waals surface area contributed by atoms with Crippen molar-refractivity contribution in [3.05, 3.63) is 56.2 Å². The molecule has 0 fully saturated rings. The number of hydrogen-bond donors (Lipinski definition) is 1. The summed E-state index contributed by atoms with van der Waals surface area (Å²) in [6, 6.07) is 11.3. The molecule has 0 atom stereocenters. The fourth-order valence-corrected chi connectivity index (χ4v) is 2.94. The van der Waals surface area contributed by atoms with Crippen LogP contribution in [-0.4, -0.2) is 11.6 Å². The van der Waals surface area contributed by atoms with Gasteiger partial charge in [-0.15, -0.1) is 11.3 Å². The maximum absolute atomic E-state index is 12.0. The van der Waals surface area contributed by atoms with Gasteiger partial charge in [0.1, 0.15) is 0 Å². The van der Waals surface area contributed by atoms with Crippen molar-refractivity contribution < 1.29 is 4.79 Å². The Hall–Kier alpha value is -1.46. The molecule has 0 spiro atoms. The first-order chi connectivity index (χ1) is 9.60. The number of benzene rings is 1. The Morgan fingerprint density at radius 3 is 2.80 bits per heavy atom. The van der Waals surface area contributed by atoms with Crippen LogP contribution in [0.3, 0.4) is 0 Å². The molecule has 1 heterocycles. The molecule has 2 aromatic rings. The van der Waals surface area contributed by atoms with Crippen LogP contribution in [0.5, 0.6) is 0 Å². The Labute approximate surface area is 130 Å². The van der Waals surface area contributed by atoms with E-state index in [1.807, 2.05) is 25.1 Å². The predicted molar refractivity (Wildman–Crippen MR) is 87.5 cm³/mol. The Balaban J connectivity index is 2.06. The van der Waals surface area contributed by atoms with Gasteiger partial charge < -0.3 is 0 Å². The summed E-state index contributed by atoms with van der Waals surface area (Å²) in [6.07, 6.45) is 1.02. The van der Waals surface area contributed by atoms with Crippen LogP contribution in [0, 0.1) is 0 Å². The van der Waals surface area contributed by atoms with Gasteiger partial charge in [-0.25, -0.2) is 5.43 Å². The van der Waals surface area contributed by atoms with Crippen LogP contribution in [0.4, 0.5) is 0 Å². The van der Waals surface area contributed by atoms with Crippen molar-refractivity contribution in [2.24, 2.45) is 5.10 Å². The van der Waals surface area contributed by atoms with Gasteiger partial charge in [0.15, 0.2) is 0 Å². The summed E-state index contributed by atoms with van der Waals surface area (Å²) in [4.78, 5) is 14.4. The number of aryl methyl sites for hydroxylation is 1. The molecule has 0 saturated carbocycles. The number of rotatable bonds is 4. The molecule has 0 bridgehead atoms. The van der Waals surface area contributed by atoms with Gasteiger partial charge in [0, 0.05) is 14.9 Å². The Morgan fingerprint density at radius 1 is 1.35 bits per heavy atom. The molecule has 2 rings (SSSR count). The number of nitrogens with one attached hydrogen (secondary N) is 1. The summed E-state index contributed by atoms with van der Waals surface area (Å²) >= 11 is 5.05. The molecule has 20 heavy (non-hydrogen) atoms. The minimum absolute atomic E-state index is 0.210. The van der Waals surface area contributed by atoms with Crippen LogP contribution >= 0.6 is 27.3 Å². The lowest BCUT2D eigenvalue weighted by atomic mass is 10.2. The van der Waals surface area contributed by atoms with E-state index in [0.29, 0.717) is 5.56 Å². The maximum Gasteiger partial charge on any atom is 0.271 e. The van der Waals surface area contributed by atoms with Gasteiger partial charge in [0.2, 0.25) is 0 Å². The lowest BCUT2D eigenvalue weighted by Crippen LogP contribution is -2.19. The van der Waals surface area contributed by atoms with Crippen molar-refractivity contribution >= 4 is 38.9 Å². The summed E-state index contributed by atoms with van der Waals surface area (Å²) in [5.41, 5.74) is 3.98. The van der Waals surface area contributed by atoms with E-state index in [4.69, 9.17) is 0 Å². The number of carbonyl (C=O) groups is 1. The van der Waals surface area contributed by atoms with Gasteiger partial charge in [-0.3, -0.25) is 4.79 Å². The van der Waals surface area contributed by atoms with Crippen molar-refractivity contribution in [1.29, 1.82) is 0 Å². The highest BCUT2D eigenvalue weighted by Gasteiger charge is 2.06. The van der Waals surface area contributed by atoms with Crippen LogP contribution in [-0.2, 0) is 6.42 Å². The largest absolute Gasteiger partial charge is 0.271 e. The number of halogens is 1. The van der Waals surface area contributed by atoms with Crippen molar-refractivity contribution in [2.45, 2.75) is 20.3 Å². The predicted octanol–water partition coefficient (Wildman–Crippen LogP) is 4.23. The molecule has 1 amide bonds. The molecular formula is C15H15BrN2OS. The number of thiophene rings is 1. The number of amides is 1. The van der Waals surface area contributed by atoms with Gasteiger partial charge in [-0.05, 0) is 43.7 Å². The van der Waals surface area contributed by atoms with E-state index in [1.165, 1.54) is 4.88 Å². The van der Waals surface area contributed by atoms with E-state index in [0.717, 1.165) is 21.5 Å². The monoisotopic (exact) mass is 350 g/mol. The summed E-state index contributed by atoms with van der Waals surface area (Å²) in [7, 11) is 0.